The van der Waals surface area contributed by atoms with Crippen LogP contribution in [0, 0.1) is 6.92 Å². The molecule has 1 amide bonds. The largest absolute Gasteiger partial charge is 0.492 e. The topological polar surface area (TPSA) is 42.4 Å². The van der Waals surface area contributed by atoms with Crippen LogP contribution in [-0.2, 0) is 6.18 Å². The lowest BCUT2D eigenvalue weighted by Gasteiger charge is -2.17. The van der Waals surface area contributed by atoms with Gasteiger partial charge in [0.1, 0.15) is 18.1 Å². The highest BCUT2D eigenvalue weighted by molar-refractivity contribution is 5.93. The van der Waals surface area contributed by atoms with Gasteiger partial charge >= 0.3 is 6.18 Å². The van der Waals surface area contributed by atoms with E-state index in [-0.39, 0.29) is 12.2 Å². The van der Waals surface area contributed by atoms with Crippen LogP contribution in [0.4, 0.5) is 13.2 Å². The van der Waals surface area contributed by atoms with Crippen molar-refractivity contribution in [3.8, 4) is 5.75 Å². The molecule has 0 aliphatic heterocycles. The van der Waals surface area contributed by atoms with E-state index in [1.54, 1.807) is 7.05 Å². The predicted molar refractivity (Wildman–Crippen MR) is 82.9 cm³/mol. The molecule has 0 saturated heterocycles. The zero-order valence-corrected chi connectivity index (χ0v) is 13.3. The summed E-state index contributed by atoms with van der Waals surface area (Å²) in [6.45, 7) is 2.54. The van der Waals surface area contributed by atoms with Crippen molar-refractivity contribution in [3.05, 3.63) is 59.4 Å². The smallest absolute Gasteiger partial charge is 0.433 e. The van der Waals surface area contributed by atoms with Crippen molar-refractivity contribution in [1.82, 2.24) is 9.88 Å². The van der Waals surface area contributed by atoms with Crippen LogP contribution in [0.1, 0.15) is 21.6 Å². The van der Waals surface area contributed by atoms with Crippen LogP contribution in [0.15, 0.2) is 42.6 Å². The van der Waals surface area contributed by atoms with Gasteiger partial charge in [-0.2, -0.15) is 13.2 Å². The second-order valence-corrected chi connectivity index (χ2v) is 5.32. The minimum atomic E-state index is -4.52. The first-order valence-corrected chi connectivity index (χ1v) is 7.25. The van der Waals surface area contributed by atoms with Gasteiger partial charge in [0.15, 0.2) is 0 Å². The van der Waals surface area contributed by atoms with Crippen LogP contribution in [0.2, 0.25) is 0 Å². The third-order valence-corrected chi connectivity index (χ3v) is 3.36. The lowest BCUT2D eigenvalue weighted by Crippen LogP contribution is -2.31. The van der Waals surface area contributed by atoms with E-state index in [4.69, 9.17) is 4.74 Å². The van der Waals surface area contributed by atoms with Gasteiger partial charge in [0.25, 0.3) is 5.91 Å². The van der Waals surface area contributed by atoms with E-state index in [1.165, 1.54) is 4.90 Å². The van der Waals surface area contributed by atoms with Gasteiger partial charge < -0.3 is 9.64 Å². The third kappa shape index (κ3) is 4.71. The van der Waals surface area contributed by atoms with E-state index in [0.717, 1.165) is 23.9 Å². The molecule has 0 atom stereocenters. The highest BCUT2D eigenvalue weighted by Crippen LogP contribution is 2.27. The van der Waals surface area contributed by atoms with Crippen LogP contribution in [0.25, 0.3) is 0 Å². The first-order chi connectivity index (χ1) is 11.3. The Balaban J connectivity index is 1.88. The molecule has 1 aromatic carbocycles. The molecular formula is C17H17F3N2O2. The molecule has 128 valence electrons. The summed E-state index contributed by atoms with van der Waals surface area (Å²) in [5.74, 6) is 0.279. The number of carbonyl (C=O) groups excluding carboxylic acids is 1. The van der Waals surface area contributed by atoms with Gasteiger partial charge in [-0.15, -0.1) is 0 Å². The molecule has 7 heteroatoms. The maximum atomic E-state index is 12.5. The van der Waals surface area contributed by atoms with E-state index >= 15 is 0 Å². The van der Waals surface area contributed by atoms with Gasteiger partial charge in [0, 0.05) is 13.2 Å². The number of rotatable bonds is 5. The molecule has 4 nitrogen and oxygen atoms in total. The van der Waals surface area contributed by atoms with Crippen LogP contribution in [-0.4, -0.2) is 36.0 Å². The van der Waals surface area contributed by atoms with Crippen molar-refractivity contribution >= 4 is 5.91 Å². The molecule has 2 aromatic rings. The van der Waals surface area contributed by atoms with Gasteiger partial charge in [-0.1, -0.05) is 17.7 Å². The summed E-state index contributed by atoms with van der Waals surface area (Å²) in [7, 11) is 1.55. The SMILES string of the molecule is Cc1ccc(OCCN(C)C(=O)c2ccc(C(F)(F)F)nc2)cc1. The van der Waals surface area contributed by atoms with Crippen LogP contribution < -0.4 is 4.74 Å². The fraction of sp³-hybridized carbons (Fsp3) is 0.294. The number of halogens is 3. The zero-order valence-electron chi connectivity index (χ0n) is 13.3. The van der Waals surface area contributed by atoms with Crippen molar-refractivity contribution < 1.29 is 22.7 Å². The molecule has 0 fully saturated rings. The first kappa shape index (κ1) is 17.8. The van der Waals surface area contributed by atoms with Crippen molar-refractivity contribution in [1.29, 1.82) is 0 Å². The average Bonchev–Trinajstić information content (AvgIpc) is 2.55. The maximum absolute atomic E-state index is 12.5. The molecule has 0 aliphatic rings. The number of likely N-dealkylation sites (N-methyl/N-ethyl adjacent to an activating group) is 1. The van der Waals surface area contributed by atoms with E-state index in [1.807, 2.05) is 31.2 Å². The Hall–Kier alpha value is -2.57. The van der Waals surface area contributed by atoms with Gasteiger partial charge in [0.2, 0.25) is 0 Å². The summed E-state index contributed by atoms with van der Waals surface area (Å²) in [5.41, 5.74) is 0.190. The number of ether oxygens (including phenoxy) is 1. The molecule has 1 aromatic heterocycles. The monoisotopic (exact) mass is 338 g/mol. The maximum Gasteiger partial charge on any atom is 0.433 e. The quantitative estimate of drug-likeness (QED) is 0.837. The van der Waals surface area contributed by atoms with E-state index in [0.29, 0.717) is 12.3 Å². The number of aromatic nitrogens is 1. The number of carbonyl (C=O) groups is 1. The van der Waals surface area contributed by atoms with Gasteiger partial charge in [-0.05, 0) is 31.2 Å². The molecule has 0 aliphatic carbocycles. The molecule has 0 spiro atoms. The summed E-state index contributed by atoms with van der Waals surface area (Å²) in [5, 5.41) is 0. The Labute approximate surface area is 137 Å². The lowest BCUT2D eigenvalue weighted by molar-refractivity contribution is -0.141. The minimum absolute atomic E-state index is 0.0980. The van der Waals surface area contributed by atoms with Crippen LogP contribution in [0.3, 0.4) is 0 Å². The molecular weight excluding hydrogens is 321 g/mol. The minimum Gasteiger partial charge on any atom is -0.492 e. The number of nitrogens with zero attached hydrogens (tertiary/aromatic N) is 2. The number of pyridine rings is 1. The summed E-state index contributed by atoms with van der Waals surface area (Å²) in [6.07, 6.45) is -3.59. The summed E-state index contributed by atoms with van der Waals surface area (Å²) in [6, 6.07) is 9.41. The average molecular weight is 338 g/mol. The number of benzene rings is 1. The molecule has 0 radical (unpaired) electrons. The molecule has 2 rings (SSSR count). The third-order valence-electron chi connectivity index (χ3n) is 3.36. The number of alkyl halides is 3. The predicted octanol–water partition coefficient (Wildman–Crippen LogP) is 3.56. The molecule has 0 N–H and O–H groups in total. The van der Waals surface area contributed by atoms with Crippen LogP contribution >= 0.6 is 0 Å². The molecule has 0 saturated carbocycles. The number of amides is 1. The standard InChI is InChI=1S/C17H17F3N2O2/c1-12-3-6-14(7-4-12)24-10-9-22(2)16(23)13-5-8-15(21-11-13)17(18,19)20/h3-8,11H,9-10H2,1-2H3. The van der Waals surface area contributed by atoms with Gasteiger partial charge in [-0.25, -0.2) is 0 Å². The molecule has 0 unspecified atom stereocenters. The zero-order chi connectivity index (χ0) is 17.7. The van der Waals surface area contributed by atoms with E-state index in [9.17, 15) is 18.0 Å². The van der Waals surface area contributed by atoms with Crippen molar-refractivity contribution in [2.75, 3.05) is 20.2 Å². The lowest BCUT2D eigenvalue weighted by atomic mass is 10.2. The fourth-order valence-corrected chi connectivity index (χ4v) is 1.94. The number of hydrogen-bond acceptors (Lipinski definition) is 3. The Kier molecular flexibility index (Phi) is 5.43. The second kappa shape index (κ2) is 7.33. The molecule has 0 bridgehead atoms. The Bertz CT molecular complexity index is 682. The second-order valence-electron chi connectivity index (χ2n) is 5.32. The first-order valence-electron chi connectivity index (χ1n) is 7.25. The number of aryl methyl sites for hydroxylation is 1. The summed E-state index contributed by atoms with van der Waals surface area (Å²) >= 11 is 0. The van der Waals surface area contributed by atoms with Gasteiger partial charge in [-0.3, -0.25) is 9.78 Å². The van der Waals surface area contributed by atoms with E-state index in [2.05, 4.69) is 4.98 Å². The number of hydrogen-bond donors (Lipinski definition) is 0. The Morgan fingerprint density at radius 3 is 2.38 bits per heavy atom. The fourth-order valence-electron chi connectivity index (χ4n) is 1.94. The van der Waals surface area contributed by atoms with Crippen LogP contribution in [0.5, 0.6) is 5.75 Å². The highest BCUT2D eigenvalue weighted by Gasteiger charge is 2.32. The van der Waals surface area contributed by atoms with Crippen molar-refractivity contribution in [2.24, 2.45) is 0 Å². The normalized spacial score (nSPS) is 11.2. The van der Waals surface area contributed by atoms with Crippen molar-refractivity contribution in [2.45, 2.75) is 13.1 Å². The molecule has 1 heterocycles. The van der Waals surface area contributed by atoms with Crippen molar-refractivity contribution in [3.63, 3.8) is 0 Å². The molecule has 24 heavy (non-hydrogen) atoms. The highest BCUT2D eigenvalue weighted by atomic mass is 19.4. The Morgan fingerprint density at radius 1 is 1.17 bits per heavy atom. The van der Waals surface area contributed by atoms with E-state index < -0.39 is 17.8 Å². The summed E-state index contributed by atoms with van der Waals surface area (Å²) in [4.78, 5) is 16.8. The van der Waals surface area contributed by atoms with Gasteiger partial charge in [0.05, 0.1) is 12.1 Å². The Morgan fingerprint density at radius 2 is 1.83 bits per heavy atom. The summed E-state index contributed by atoms with van der Waals surface area (Å²) < 4.78 is 42.9.